The maximum absolute atomic E-state index is 13.0. The van der Waals surface area contributed by atoms with Gasteiger partial charge in [-0.2, -0.15) is 9.50 Å². The van der Waals surface area contributed by atoms with Gasteiger partial charge < -0.3 is 15.0 Å². The molecule has 1 aliphatic heterocycles. The van der Waals surface area contributed by atoms with Crippen LogP contribution < -0.4 is 20.6 Å². The first-order chi connectivity index (χ1) is 17.0. The van der Waals surface area contributed by atoms with Gasteiger partial charge in [0.2, 0.25) is 11.8 Å². The van der Waals surface area contributed by atoms with Crippen LogP contribution in [0.3, 0.4) is 0 Å². The highest BCUT2D eigenvalue weighted by atomic mass is 32.1. The third-order valence-electron chi connectivity index (χ3n) is 6.20. The van der Waals surface area contributed by atoms with Crippen LogP contribution in [0.1, 0.15) is 12.7 Å². The molecule has 0 spiro atoms. The lowest BCUT2D eigenvalue weighted by atomic mass is 9.95. The van der Waals surface area contributed by atoms with E-state index in [0.29, 0.717) is 45.5 Å². The summed E-state index contributed by atoms with van der Waals surface area (Å²) in [5, 5.41) is 7.59. The van der Waals surface area contributed by atoms with Crippen LogP contribution in [0.5, 0.6) is 0 Å². The molecule has 0 saturated carbocycles. The normalized spacial score (nSPS) is 15.3. The van der Waals surface area contributed by atoms with Gasteiger partial charge in [0.15, 0.2) is 17.1 Å². The molecule has 0 bridgehead atoms. The third kappa shape index (κ3) is 4.25. The summed E-state index contributed by atoms with van der Waals surface area (Å²) in [4.78, 5) is 31.0. The number of thiazole rings is 1. The van der Waals surface area contributed by atoms with Crippen molar-refractivity contribution in [2.75, 3.05) is 57.1 Å². The van der Waals surface area contributed by atoms with Crippen molar-refractivity contribution in [3.05, 3.63) is 40.0 Å². The molecule has 2 radical (unpaired) electrons. The van der Waals surface area contributed by atoms with Crippen molar-refractivity contribution in [3.63, 3.8) is 0 Å². The largest absolute Gasteiger partial charge is 0.493 e. The molecule has 13 heteroatoms. The zero-order valence-electron chi connectivity index (χ0n) is 19.9. The lowest BCUT2D eigenvalue weighted by Gasteiger charge is -2.36. The Balaban J connectivity index is 1.37. The van der Waals surface area contributed by atoms with Crippen molar-refractivity contribution >= 4 is 58.0 Å². The number of nitrogens with zero attached hydrogens (tertiary/aromatic N) is 8. The van der Waals surface area contributed by atoms with Crippen molar-refractivity contribution in [2.24, 2.45) is 0 Å². The Kier molecular flexibility index (Phi) is 6.43. The molecule has 4 aromatic rings. The second kappa shape index (κ2) is 9.66. The summed E-state index contributed by atoms with van der Waals surface area (Å²) in [6, 6.07) is 1.95. The quantitative estimate of drug-likeness (QED) is 0.293. The van der Waals surface area contributed by atoms with E-state index in [0.717, 1.165) is 49.7 Å². The Morgan fingerprint density at radius 3 is 2.71 bits per heavy atom. The van der Waals surface area contributed by atoms with Crippen molar-refractivity contribution in [3.8, 4) is 0 Å². The smallest absolute Gasteiger partial charge is 0.309 e. The summed E-state index contributed by atoms with van der Waals surface area (Å²) in [6.07, 6.45) is 5.25. The molecule has 5 heterocycles. The van der Waals surface area contributed by atoms with Crippen LogP contribution in [0.25, 0.3) is 21.8 Å². The van der Waals surface area contributed by atoms with Crippen molar-refractivity contribution < 1.29 is 4.74 Å². The molecule has 0 atom stereocenters. The molecule has 1 fully saturated rings. The second-order valence-electron chi connectivity index (χ2n) is 8.15. The molecule has 0 unspecified atom stereocenters. The van der Waals surface area contributed by atoms with E-state index < -0.39 is 0 Å². The van der Waals surface area contributed by atoms with Crippen LogP contribution in [0.4, 0.5) is 11.6 Å². The van der Waals surface area contributed by atoms with E-state index in [4.69, 9.17) is 17.6 Å². The van der Waals surface area contributed by atoms with Gasteiger partial charge in [0.05, 0.1) is 7.11 Å². The van der Waals surface area contributed by atoms with Gasteiger partial charge in [-0.15, -0.1) is 5.10 Å². The maximum Gasteiger partial charge on any atom is 0.309 e. The SMILES string of the molecule is [B]c1cnccc1N1CCN(CCn2c(=O)sc3c2nc(NC)n2nc(/C(=C/C)OC)nc32)CC1. The van der Waals surface area contributed by atoms with Crippen molar-refractivity contribution in [1.82, 2.24) is 34.0 Å². The molecule has 1 saturated heterocycles. The number of fused-ring (bicyclic) bond motifs is 3. The van der Waals surface area contributed by atoms with Gasteiger partial charge in [-0.3, -0.25) is 19.2 Å². The van der Waals surface area contributed by atoms with E-state index in [-0.39, 0.29) is 4.87 Å². The fraction of sp³-hybridized carbons (Fsp3) is 0.409. The molecular weight excluding hydrogens is 465 g/mol. The van der Waals surface area contributed by atoms with Gasteiger partial charge in [-0.25, -0.2) is 4.98 Å². The van der Waals surface area contributed by atoms with Crippen molar-refractivity contribution in [2.45, 2.75) is 13.5 Å². The monoisotopic (exact) mass is 491 g/mol. The lowest BCUT2D eigenvalue weighted by Crippen LogP contribution is -2.48. The zero-order valence-corrected chi connectivity index (χ0v) is 20.7. The molecule has 5 rings (SSSR count). The lowest BCUT2D eigenvalue weighted by molar-refractivity contribution is 0.248. The molecule has 1 N–H and O–H groups in total. The number of aromatic nitrogens is 6. The molecule has 4 aromatic heterocycles. The number of ether oxygens (including phenoxy) is 1. The molecule has 1 aliphatic rings. The predicted octanol–water partition coefficient (Wildman–Crippen LogP) is 0.561. The first kappa shape index (κ1) is 23.3. The van der Waals surface area contributed by atoms with Crippen LogP contribution in [-0.4, -0.2) is 88.8 Å². The molecule has 0 aliphatic carbocycles. The summed E-state index contributed by atoms with van der Waals surface area (Å²) in [5.41, 5.74) is 2.90. The number of methoxy groups -OCH3 is 1. The minimum Gasteiger partial charge on any atom is -0.493 e. The zero-order chi connectivity index (χ0) is 24.5. The molecular formula is C22H26BN9O2S. The number of rotatable bonds is 7. The molecule has 180 valence electrons. The maximum atomic E-state index is 13.0. The predicted molar refractivity (Wildman–Crippen MR) is 139 cm³/mol. The standard InChI is InChI=1S/C22H26BN9O2S/c1-4-16(34-3)18-26-20-17-19(27-21(24-2)32(20)28-18)31(22(33)35-17)12-9-29-7-10-30(11-8-29)15-5-6-25-13-14(15)23/h4-6,13H,7-12H2,1-3H3,(H,24,27)/b16-4-. The number of nitrogens with one attached hydrogen (secondary N) is 1. The van der Waals surface area contributed by atoms with E-state index in [2.05, 4.69) is 30.2 Å². The molecule has 0 aromatic carbocycles. The van der Waals surface area contributed by atoms with Gasteiger partial charge in [-0.1, -0.05) is 16.8 Å². The number of hydrogen-bond donors (Lipinski definition) is 1. The van der Waals surface area contributed by atoms with Gasteiger partial charge >= 0.3 is 4.87 Å². The highest BCUT2D eigenvalue weighted by molar-refractivity contribution is 7.17. The highest BCUT2D eigenvalue weighted by Crippen LogP contribution is 2.25. The average molecular weight is 491 g/mol. The van der Waals surface area contributed by atoms with E-state index in [1.807, 2.05) is 13.0 Å². The fourth-order valence-corrected chi connectivity index (χ4v) is 5.28. The van der Waals surface area contributed by atoms with E-state index in [1.165, 1.54) is 0 Å². The average Bonchev–Trinajstić information content (AvgIpc) is 3.45. The Hall–Kier alpha value is -3.45. The molecule has 35 heavy (non-hydrogen) atoms. The Labute approximate surface area is 207 Å². The first-order valence-corrected chi connectivity index (χ1v) is 12.2. The van der Waals surface area contributed by atoms with E-state index >= 15 is 0 Å². The summed E-state index contributed by atoms with van der Waals surface area (Å²) in [5.74, 6) is 1.51. The van der Waals surface area contributed by atoms with Gasteiger partial charge in [0.25, 0.3) is 0 Å². The number of pyridine rings is 1. The summed E-state index contributed by atoms with van der Waals surface area (Å²) < 4.78 is 9.43. The minimum atomic E-state index is -0.0617. The van der Waals surface area contributed by atoms with Crippen molar-refractivity contribution in [1.29, 1.82) is 0 Å². The fourth-order valence-electron chi connectivity index (χ4n) is 4.35. The van der Waals surface area contributed by atoms with Crippen LogP contribution in [0, 0.1) is 0 Å². The van der Waals surface area contributed by atoms with Gasteiger partial charge in [0.1, 0.15) is 12.5 Å². The highest BCUT2D eigenvalue weighted by Gasteiger charge is 2.22. The number of anilines is 2. The van der Waals surface area contributed by atoms with Crippen LogP contribution in [0.15, 0.2) is 29.3 Å². The summed E-state index contributed by atoms with van der Waals surface area (Å²) >= 11 is 1.14. The summed E-state index contributed by atoms with van der Waals surface area (Å²) in [7, 11) is 9.43. The van der Waals surface area contributed by atoms with Crippen LogP contribution >= 0.6 is 11.3 Å². The second-order valence-corrected chi connectivity index (χ2v) is 9.11. The molecule has 0 amide bonds. The number of allylic oxidation sites excluding steroid dienone is 1. The number of piperazine rings is 1. The van der Waals surface area contributed by atoms with Gasteiger partial charge in [0, 0.05) is 64.4 Å². The topological polar surface area (TPSA) is 106 Å². The van der Waals surface area contributed by atoms with E-state index in [9.17, 15) is 4.79 Å². The van der Waals surface area contributed by atoms with E-state index in [1.54, 1.807) is 41.7 Å². The first-order valence-electron chi connectivity index (χ1n) is 11.4. The third-order valence-corrected chi connectivity index (χ3v) is 7.16. The Morgan fingerprint density at radius 1 is 1.23 bits per heavy atom. The minimum absolute atomic E-state index is 0.0617. The van der Waals surface area contributed by atoms with Crippen LogP contribution in [-0.2, 0) is 11.3 Å². The van der Waals surface area contributed by atoms with Gasteiger partial charge in [-0.05, 0) is 19.1 Å². The summed E-state index contributed by atoms with van der Waals surface area (Å²) in [6.45, 7) is 6.65. The number of hydrogen-bond acceptors (Lipinski definition) is 10. The molecule has 11 nitrogen and oxygen atoms in total. The Morgan fingerprint density at radius 2 is 2.03 bits per heavy atom. The van der Waals surface area contributed by atoms with Crippen LogP contribution in [0.2, 0.25) is 0 Å². The Bertz CT molecular complexity index is 1450.